The molecule has 0 unspecified atom stereocenters. The van der Waals surface area contributed by atoms with E-state index in [1.807, 2.05) is 0 Å². The molecule has 0 aromatic heterocycles. The zero-order chi connectivity index (χ0) is 15.9. The van der Waals surface area contributed by atoms with Crippen molar-refractivity contribution in [2.75, 3.05) is 19.6 Å². The van der Waals surface area contributed by atoms with Gasteiger partial charge in [0.15, 0.2) is 5.96 Å². The van der Waals surface area contributed by atoms with Gasteiger partial charge in [0, 0.05) is 19.1 Å². The number of benzene rings is 1. The maximum Gasteiger partial charge on any atom is 0.188 e. The number of rotatable bonds is 5. The van der Waals surface area contributed by atoms with Gasteiger partial charge in [-0.1, -0.05) is 29.8 Å². The monoisotopic (exact) mass is 302 g/mol. The fourth-order valence-electron chi connectivity index (χ4n) is 2.85. The van der Waals surface area contributed by atoms with Crippen LogP contribution in [0.1, 0.15) is 37.8 Å². The van der Waals surface area contributed by atoms with Crippen molar-refractivity contribution in [1.29, 1.82) is 0 Å². The quantitative estimate of drug-likeness (QED) is 0.649. The van der Waals surface area contributed by atoms with Crippen LogP contribution in [0.25, 0.3) is 0 Å². The predicted octanol–water partition coefficient (Wildman–Crippen LogP) is 2.52. The number of hydrogen-bond acceptors (Lipinski definition) is 2. The van der Waals surface area contributed by atoms with E-state index in [0.29, 0.717) is 17.9 Å². The van der Waals surface area contributed by atoms with Crippen LogP contribution < -0.4 is 11.1 Å². The van der Waals surface area contributed by atoms with E-state index in [1.165, 1.54) is 24.0 Å². The highest BCUT2D eigenvalue weighted by atomic mass is 15.1. The van der Waals surface area contributed by atoms with Crippen LogP contribution in [-0.4, -0.2) is 36.5 Å². The maximum atomic E-state index is 5.86. The lowest BCUT2D eigenvalue weighted by molar-refractivity contribution is 0.180. The average molecular weight is 302 g/mol. The van der Waals surface area contributed by atoms with E-state index in [9.17, 15) is 0 Å². The second kappa shape index (κ2) is 8.18. The molecular formula is C18H30N4. The van der Waals surface area contributed by atoms with Crippen LogP contribution in [-0.2, 0) is 6.54 Å². The largest absolute Gasteiger partial charge is 0.370 e. The molecule has 1 fully saturated rings. The minimum absolute atomic E-state index is 0.347. The van der Waals surface area contributed by atoms with Gasteiger partial charge in [-0.3, -0.25) is 9.89 Å². The molecule has 2 rings (SSSR count). The van der Waals surface area contributed by atoms with Crippen LogP contribution in [0, 0.1) is 12.8 Å². The summed E-state index contributed by atoms with van der Waals surface area (Å²) in [5.74, 6) is 1.25. The van der Waals surface area contributed by atoms with Gasteiger partial charge in [-0.05, 0) is 58.2 Å². The Morgan fingerprint density at radius 3 is 2.50 bits per heavy atom. The molecule has 1 heterocycles. The van der Waals surface area contributed by atoms with Crippen molar-refractivity contribution in [3.63, 3.8) is 0 Å². The van der Waals surface area contributed by atoms with Crippen LogP contribution in [0.3, 0.4) is 0 Å². The Hall–Kier alpha value is -1.55. The number of piperidine rings is 1. The van der Waals surface area contributed by atoms with E-state index in [0.717, 1.165) is 26.2 Å². The van der Waals surface area contributed by atoms with E-state index in [2.05, 4.69) is 60.2 Å². The molecule has 0 aliphatic carbocycles. The van der Waals surface area contributed by atoms with Gasteiger partial charge < -0.3 is 11.1 Å². The average Bonchev–Trinajstić information content (AvgIpc) is 2.48. The number of guanidine groups is 1. The number of hydrogen-bond donors (Lipinski definition) is 2. The minimum Gasteiger partial charge on any atom is -0.370 e. The van der Waals surface area contributed by atoms with Crippen LogP contribution in [0.5, 0.6) is 0 Å². The van der Waals surface area contributed by atoms with Crippen LogP contribution in [0.4, 0.5) is 0 Å². The molecule has 0 spiro atoms. The first kappa shape index (κ1) is 16.8. The molecule has 22 heavy (non-hydrogen) atoms. The third kappa shape index (κ3) is 5.68. The molecule has 0 amide bonds. The summed E-state index contributed by atoms with van der Waals surface area (Å²) in [5.41, 5.74) is 8.60. The summed E-state index contributed by atoms with van der Waals surface area (Å²) in [6.45, 7) is 10.5. The summed E-state index contributed by atoms with van der Waals surface area (Å²) in [5, 5.41) is 3.15. The SMILES string of the molecule is Cc1ccc(CN2CCC(CN=C(N)NC(C)C)CC2)cc1. The molecular weight excluding hydrogens is 272 g/mol. The smallest absolute Gasteiger partial charge is 0.188 e. The zero-order valence-corrected chi connectivity index (χ0v) is 14.2. The van der Waals surface area contributed by atoms with E-state index in [4.69, 9.17) is 5.73 Å². The lowest BCUT2D eigenvalue weighted by Crippen LogP contribution is -2.38. The maximum absolute atomic E-state index is 5.86. The van der Waals surface area contributed by atoms with Crippen molar-refractivity contribution < 1.29 is 0 Å². The molecule has 4 nitrogen and oxygen atoms in total. The van der Waals surface area contributed by atoms with Gasteiger partial charge in [0.05, 0.1) is 0 Å². The molecule has 1 aliphatic heterocycles. The Kier molecular flexibility index (Phi) is 6.25. The molecule has 1 aromatic carbocycles. The highest BCUT2D eigenvalue weighted by Gasteiger charge is 2.19. The fourth-order valence-corrected chi connectivity index (χ4v) is 2.85. The first-order valence-corrected chi connectivity index (χ1v) is 8.37. The second-order valence-corrected chi connectivity index (χ2v) is 6.73. The van der Waals surface area contributed by atoms with Crippen molar-refractivity contribution in [2.24, 2.45) is 16.6 Å². The third-order valence-electron chi connectivity index (χ3n) is 4.19. The third-order valence-corrected chi connectivity index (χ3v) is 4.19. The van der Waals surface area contributed by atoms with Gasteiger partial charge in [0.1, 0.15) is 0 Å². The highest BCUT2D eigenvalue weighted by Crippen LogP contribution is 2.19. The van der Waals surface area contributed by atoms with E-state index < -0.39 is 0 Å². The van der Waals surface area contributed by atoms with Crippen molar-refractivity contribution in [3.05, 3.63) is 35.4 Å². The van der Waals surface area contributed by atoms with Crippen molar-refractivity contribution in [2.45, 2.75) is 46.2 Å². The lowest BCUT2D eigenvalue weighted by atomic mass is 9.96. The Bertz CT molecular complexity index is 470. The Balaban J connectivity index is 1.72. The molecule has 0 atom stereocenters. The molecule has 1 saturated heterocycles. The van der Waals surface area contributed by atoms with Gasteiger partial charge in [0.25, 0.3) is 0 Å². The molecule has 1 aliphatic rings. The standard InChI is InChI=1S/C18H30N4/c1-14(2)21-18(19)20-12-16-8-10-22(11-9-16)13-17-6-4-15(3)5-7-17/h4-7,14,16H,8-13H2,1-3H3,(H3,19,20,21). The van der Waals surface area contributed by atoms with Crippen LogP contribution in [0.2, 0.25) is 0 Å². The molecule has 0 saturated carbocycles. The number of likely N-dealkylation sites (tertiary alicyclic amines) is 1. The molecule has 1 aromatic rings. The summed E-state index contributed by atoms with van der Waals surface area (Å²) < 4.78 is 0. The van der Waals surface area contributed by atoms with E-state index in [-0.39, 0.29) is 0 Å². The van der Waals surface area contributed by atoms with Gasteiger partial charge in [-0.15, -0.1) is 0 Å². The Morgan fingerprint density at radius 1 is 1.27 bits per heavy atom. The van der Waals surface area contributed by atoms with Crippen molar-refractivity contribution >= 4 is 5.96 Å². The summed E-state index contributed by atoms with van der Waals surface area (Å²) in [7, 11) is 0. The van der Waals surface area contributed by atoms with Crippen LogP contribution >= 0.6 is 0 Å². The number of aliphatic imine (C=N–C) groups is 1. The van der Waals surface area contributed by atoms with Crippen molar-refractivity contribution in [3.8, 4) is 0 Å². The first-order valence-electron chi connectivity index (χ1n) is 8.37. The molecule has 4 heteroatoms. The number of nitrogens with two attached hydrogens (primary N) is 1. The second-order valence-electron chi connectivity index (χ2n) is 6.73. The van der Waals surface area contributed by atoms with Crippen LogP contribution in [0.15, 0.2) is 29.3 Å². The Labute approximate surface area is 134 Å². The summed E-state index contributed by atoms with van der Waals surface area (Å²) in [6.07, 6.45) is 2.43. The summed E-state index contributed by atoms with van der Waals surface area (Å²) >= 11 is 0. The summed E-state index contributed by atoms with van der Waals surface area (Å²) in [4.78, 5) is 7.01. The highest BCUT2D eigenvalue weighted by molar-refractivity contribution is 5.78. The number of aryl methyl sites for hydroxylation is 1. The Morgan fingerprint density at radius 2 is 1.91 bits per heavy atom. The molecule has 0 radical (unpaired) electrons. The molecule has 122 valence electrons. The fraction of sp³-hybridized carbons (Fsp3) is 0.611. The van der Waals surface area contributed by atoms with Gasteiger partial charge in [0.2, 0.25) is 0 Å². The first-order chi connectivity index (χ1) is 10.5. The van der Waals surface area contributed by atoms with Crippen molar-refractivity contribution in [1.82, 2.24) is 10.2 Å². The normalized spacial score (nSPS) is 17.9. The van der Waals surface area contributed by atoms with E-state index >= 15 is 0 Å². The van der Waals surface area contributed by atoms with E-state index in [1.54, 1.807) is 0 Å². The minimum atomic E-state index is 0.347. The topological polar surface area (TPSA) is 53.6 Å². The predicted molar refractivity (Wildman–Crippen MR) is 93.9 cm³/mol. The lowest BCUT2D eigenvalue weighted by Gasteiger charge is -2.31. The van der Waals surface area contributed by atoms with Gasteiger partial charge in [-0.2, -0.15) is 0 Å². The number of nitrogens with zero attached hydrogens (tertiary/aromatic N) is 2. The molecule has 3 N–H and O–H groups in total. The molecule has 0 bridgehead atoms. The van der Waals surface area contributed by atoms with Gasteiger partial charge in [-0.25, -0.2) is 0 Å². The summed E-state index contributed by atoms with van der Waals surface area (Å²) in [6, 6.07) is 9.22. The zero-order valence-electron chi connectivity index (χ0n) is 14.2. The van der Waals surface area contributed by atoms with Gasteiger partial charge >= 0.3 is 0 Å². The number of nitrogens with one attached hydrogen (secondary N) is 1.